The molecule has 1 amide bonds. The molecule has 33 heavy (non-hydrogen) atoms. The van der Waals surface area contributed by atoms with E-state index in [1.54, 1.807) is 48.7 Å². The highest BCUT2D eigenvalue weighted by Gasteiger charge is 2.48. The van der Waals surface area contributed by atoms with Gasteiger partial charge in [-0.2, -0.15) is 0 Å². The number of aromatic nitrogens is 1. The molecule has 0 bridgehead atoms. The molecule has 0 saturated carbocycles. The van der Waals surface area contributed by atoms with Gasteiger partial charge in [0.05, 0.1) is 31.1 Å². The number of pyridine rings is 1. The number of ether oxygens (including phenoxy) is 2. The van der Waals surface area contributed by atoms with Crippen molar-refractivity contribution in [1.82, 2.24) is 4.98 Å². The maximum absolute atomic E-state index is 13.3. The first-order valence-electron chi connectivity index (χ1n) is 10.4. The molecule has 1 unspecified atom stereocenters. The number of ketones is 1. The Morgan fingerprint density at radius 2 is 1.79 bits per heavy atom. The SMILES string of the molecule is COc1ccc(OC)c(/C(O)=C2\C(=O)C(=O)N(c3ccc(C)cc3C)C2c2ccccn2)c1. The quantitative estimate of drug-likeness (QED) is 0.358. The Hall–Kier alpha value is -4.13. The van der Waals surface area contributed by atoms with E-state index >= 15 is 0 Å². The summed E-state index contributed by atoms with van der Waals surface area (Å²) in [5.41, 5.74) is 3.08. The summed E-state index contributed by atoms with van der Waals surface area (Å²) in [5.74, 6) is -1.08. The van der Waals surface area contributed by atoms with Crippen LogP contribution in [0.2, 0.25) is 0 Å². The zero-order valence-electron chi connectivity index (χ0n) is 18.8. The number of hydrogen-bond acceptors (Lipinski definition) is 6. The van der Waals surface area contributed by atoms with Gasteiger partial charge < -0.3 is 14.6 Å². The summed E-state index contributed by atoms with van der Waals surface area (Å²) in [5, 5.41) is 11.4. The molecule has 4 rings (SSSR count). The lowest BCUT2D eigenvalue weighted by molar-refractivity contribution is -0.132. The van der Waals surface area contributed by atoms with E-state index in [0.717, 1.165) is 11.1 Å². The van der Waals surface area contributed by atoms with Gasteiger partial charge in [-0.3, -0.25) is 19.5 Å². The van der Waals surface area contributed by atoms with Crippen molar-refractivity contribution < 1.29 is 24.2 Å². The number of hydrogen-bond donors (Lipinski definition) is 1. The third kappa shape index (κ3) is 3.82. The van der Waals surface area contributed by atoms with Gasteiger partial charge in [0.1, 0.15) is 23.3 Å². The molecule has 1 aromatic heterocycles. The van der Waals surface area contributed by atoms with Gasteiger partial charge in [-0.05, 0) is 55.8 Å². The largest absolute Gasteiger partial charge is 0.507 e. The van der Waals surface area contributed by atoms with Crippen molar-refractivity contribution in [3.8, 4) is 11.5 Å². The molecule has 168 valence electrons. The molecule has 0 spiro atoms. The normalized spacial score (nSPS) is 17.3. The highest BCUT2D eigenvalue weighted by molar-refractivity contribution is 6.51. The van der Waals surface area contributed by atoms with Gasteiger partial charge in [0.2, 0.25) is 0 Å². The van der Waals surface area contributed by atoms with E-state index in [4.69, 9.17) is 9.47 Å². The molecule has 1 aliphatic rings. The third-order valence-corrected chi connectivity index (χ3v) is 5.69. The first-order chi connectivity index (χ1) is 15.9. The van der Waals surface area contributed by atoms with Crippen LogP contribution >= 0.6 is 0 Å². The Balaban J connectivity index is 1.99. The molecular formula is C26H24N2O5. The number of amides is 1. The Morgan fingerprint density at radius 1 is 1.00 bits per heavy atom. The first kappa shape index (κ1) is 22.1. The molecule has 1 fully saturated rings. The van der Waals surface area contributed by atoms with Gasteiger partial charge in [0.15, 0.2) is 0 Å². The molecule has 2 aromatic carbocycles. The number of rotatable bonds is 5. The van der Waals surface area contributed by atoms with Crippen LogP contribution in [-0.2, 0) is 9.59 Å². The zero-order valence-corrected chi connectivity index (χ0v) is 18.8. The molecule has 7 heteroatoms. The fourth-order valence-corrected chi connectivity index (χ4v) is 4.12. The lowest BCUT2D eigenvalue weighted by Crippen LogP contribution is -2.30. The van der Waals surface area contributed by atoms with Crippen molar-refractivity contribution in [2.75, 3.05) is 19.1 Å². The summed E-state index contributed by atoms with van der Waals surface area (Å²) in [6, 6.07) is 14.8. The first-order valence-corrected chi connectivity index (χ1v) is 10.4. The molecule has 1 saturated heterocycles. The van der Waals surface area contributed by atoms with E-state index in [1.165, 1.54) is 19.1 Å². The molecule has 0 aliphatic carbocycles. The highest BCUT2D eigenvalue weighted by Crippen LogP contribution is 2.44. The van der Waals surface area contributed by atoms with Crippen molar-refractivity contribution in [2.24, 2.45) is 0 Å². The number of Topliss-reactive ketones (excluding diaryl/α,β-unsaturated/α-hetero) is 1. The van der Waals surface area contributed by atoms with E-state index in [2.05, 4.69) is 4.98 Å². The Bertz CT molecular complexity index is 1270. The number of aliphatic hydroxyl groups is 1. The van der Waals surface area contributed by atoms with Gasteiger partial charge in [-0.25, -0.2) is 0 Å². The summed E-state index contributed by atoms with van der Waals surface area (Å²) >= 11 is 0. The van der Waals surface area contributed by atoms with Crippen LogP contribution in [0.25, 0.3) is 5.76 Å². The number of aliphatic hydroxyl groups excluding tert-OH is 1. The van der Waals surface area contributed by atoms with Crippen LogP contribution in [0.5, 0.6) is 11.5 Å². The lowest BCUT2D eigenvalue weighted by atomic mass is 9.97. The lowest BCUT2D eigenvalue weighted by Gasteiger charge is -2.26. The number of nitrogens with zero attached hydrogens (tertiary/aromatic N) is 2. The van der Waals surface area contributed by atoms with Crippen LogP contribution in [0.3, 0.4) is 0 Å². The summed E-state index contributed by atoms with van der Waals surface area (Å²) in [6.07, 6.45) is 1.59. The predicted molar refractivity (Wildman–Crippen MR) is 124 cm³/mol. The zero-order chi connectivity index (χ0) is 23.7. The van der Waals surface area contributed by atoms with Crippen molar-refractivity contribution in [3.05, 3.63) is 88.8 Å². The molecule has 7 nitrogen and oxygen atoms in total. The molecular weight excluding hydrogens is 420 g/mol. The summed E-state index contributed by atoms with van der Waals surface area (Å²) in [4.78, 5) is 32.4. The standard InChI is InChI=1S/C26H24N2O5/c1-15-8-10-20(16(2)13-15)28-23(19-7-5-6-12-27-19)22(25(30)26(28)31)24(29)18-14-17(32-3)9-11-21(18)33-4/h5-14,23,29H,1-4H3/b24-22+. The molecule has 2 heterocycles. The molecule has 1 aliphatic heterocycles. The fourth-order valence-electron chi connectivity index (χ4n) is 4.12. The second kappa shape index (κ2) is 8.78. The fraction of sp³-hybridized carbons (Fsp3) is 0.192. The second-order valence-corrected chi connectivity index (χ2v) is 7.78. The van der Waals surface area contributed by atoms with E-state index in [1.807, 2.05) is 26.0 Å². The van der Waals surface area contributed by atoms with E-state index in [9.17, 15) is 14.7 Å². The molecule has 0 radical (unpaired) electrons. The summed E-state index contributed by atoms with van der Waals surface area (Å²) in [7, 11) is 2.96. The van der Waals surface area contributed by atoms with Gasteiger partial charge in [0.25, 0.3) is 11.7 Å². The minimum absolute atomic E-state index is 0.0646. The predicted octanol–water partition coefficient (Wildman–Crippen LogP) is 4.34. The topological polar surface area (TPSA) is 89.0 Å². The minimum atomic E-state index is -0.913. The highest BCUT2D eigenvalue weighted by atomic mass is 16.5. The number of aryl methyl sites for hydroxylation is 2. The third-order valence-electron chi connectivity index (χ3n) is 5.69. The van der Waals surface area contributed by atoms with Crippen LogP contribution in [0.1, 0.15) is 28.4 Å². The maximum Gasteiger partial charge on any atom is 0.300 e. The number of carbonyl (C=O) groups excluding carboxylic acids is 2. The second-order valence-electron chi connectivity index (χ2n) is 7.78. The van der Waals surface area contributed by atoms with Crippen molar-refractivity contribution in [1.29, 1.82) is 0 Å². The van der Waals surface area contributed by atoms with E-state index in [0.29, 0.717) is 22.9 Å². The molecule has 1 atom stereocenters. The minimum Gasteiger partial charge on any atom is -0.507 e. The van der Waals surface area contributed by atoms with Gasteiger partial charge in [-0.15, -0.1) is 0 Å². The summed E-state index contributed by atoms with van der Waals surface area (Å²) < 4.78 is 10.7. The van der Waals surface area contributed by atoms with Gasteiger partial charge in [0, 0.05) is 11.9 Å². The Morgan fingerprint density at radius 3 is 2.42 bits per heavy atom. The Kier molecular flexibility index (Phi) is 5.87. The molecule has 1 N–H and O–H groups in total. The van der Waals surface area contributed by atoms with Crippen LogP contribution in [0, 0.1) is 13.8 Å². The van der Waals surface area contributed by atoms with Crippen molar-refractivity contribution in [3.63, 3.8) is 0 Å². The van der Waals surface area contributed by atoms with Crippen LogP contribution in [0.4, 0.5) is 5.69 Å². The van der Waals surface area contributed by atoms with Gasteiger partial charge in [-0.1, -0.05) is 23.8 Å². The number of benzene rings is 2. The average Bonchev–Trinajstić information content (AvgIpc) is 3.09. The van der Waals surface area contributed by atoms with E-state index < -0.39 is 17.7 Å². The maximum atomic E-state index is 13.3. The number of methoxy groups -OCH3 is 2. The monoisotopic (exact) mass is 444 g/mol. The van der Waals surface area contributed by atoms with E-state index in [-0.39, 0.29) is 16.9 Å². The molecule has 3 aromatic rings. The average molecular weight is 444 g/mol. The number of carbonyl (C=O) groups is 2. The van der Waals surface area contributed by atoms with Crippen LogP contribution in [0.15, 0.2) is 66.4 Å². The summed E-state index contributed by atoms with van der Waals surface area (Å²) in [6.45, 7) is 3.83. The van der Waals surface area contributed by atoms with Crippen molar-refractivity contribution in [2.45, 2.75) is 19.9 Å². The van der Waals surface area contributed by atoms with Crippen LogP contribution < -0.4 is 14.4 Å². The van der Waals surface area contributed by atoms with Crippen molar-refractivity contribution >= 4 is 23.1 Å². The Labute approximate surface area is 191 Å². The van der Waals surface area contributed by atoms with Gasteiger partial charge >= 0.3 is 0 Å². The smallest absolute Gasteiger partial charge is 0.300 e. The number of anilines is 1. The van der Waals surface area contributed by atoms with Crippen LogP contribution in [-0.4, -0.2) is 36.0 Å².